The molecule has 0 aliphatic rings. The highest BCUT2D eigenvalue weighted by molar-refractivity contribution is 5.89. The van der Waals surface area contributed by atoms with Crippen molar-refractivity contribution in [2.24, 2.45) is 0 Å². The maximum absolute atomic E-state index is 11.2. The summed E-state index contributed by atoms with van der Waals surface area (Å²) in [6, 6.07) is 24.6. The molecule has 0 fully saturated rings. The van der Waals surface area contributed by atoms with Crippen LogP contribution in [0.5, 0.6) is 11.5 Å². The first-order chi connectivity index (χ1) is 13.6. The number of hydrogen-bond donors (Lipinski definition) is 2. The number of amides is 1. The minimum atomic E-state index is -1.12. The maximum Gasteiger partial charge on any atom is 0.409 e. The fourth-order valence-corrected chi connectivity index (χ4v) is 2.65. The molecule has 3 aromatic rings. The lowest BCUT2D eigenvalue weighted by Gasteiger charge is -2.10. The van der Waals surface area contributed by atoms with Crippen molar-refractivity contribution in [1.29, 1.82) is 0 Å². The molecule has 0 heterocycles. The van der Waals surface area contributed by atoms with Crippen molar-refractivity contribution >= 4 is 17.9 Å². The minimum Gasteiger partial charge on any atom is -0.497 e. The highest BCUT2D eigenvalue weighted by Crippen LogP contribution is 2.21. The second-order valence-electron chi connectivity index (χ2n) is 6.06. The number of rotatable bonds is 7. The molecule has 142 valence electrons. The summed E-state index contributed by atoms with van der Waals surface area (Å²) in [5.74, 6) is 1.46. The molecule has 0 saturated heterocycles. The van der Waals surface area contributed by atoms with E-state index in [0.29, 0.717) is 18.1 Å². The van der Waals surface area contributed by atoms with Gasteiger partial charge in [-0.1, -0.05) is 42.5 Å². The number of methoxy groups -OCH3 is 1. The Labute approximate surface area is 163 Å². The minimum absolute atomic E-state index is 0.474. The third-order valence-electron chi connectivity index (χ3n) is 4.08. The highest BCUT2D eigenvalue weighted by atomic mass is 16.5. The normalized spacial score (nSPS) is 11.0. The Morgan fingerprint density at radius 1 is 0.929 bits per heavy atom. The summed E-state index contributed by atoms with van der Waals surface area (Å²) in [6.07, 6.45) is 0.650. The SMILES string of the molecule is COc1ccc(C=C(NC(=O)O)c2ccc(OCc3ccccc3)cc2)cc1. The molecule has 0 radical (unpaired) electrons. The molecule has 5 heteroatoms. The molecule has 2 N–H and O–H groups in total. The first-order valence-electron chi connectivity index (χ1n) is 8.77. The summed E-state index contributed by atoms with van der Waals surface area (Å²) in [4.78, 5) is 11.2. The Balaban J connectivity index is 1.76. The summed E-state index contributed by atoms with van der Waals surface area (Å²) in [7, 11) is 1.60. The van der Waals surface area contributed by atoms with Crippen molar-refractivity contribution in [3.05, 3.63) is 95.6 Å². The van der Waals surface area contributed by atoms with Crippen LogP contribution < -0.4 is 14.8 Å². The number of ether oxygens (including phenoxy) is 2. The van der Waals surface area contributed by atoms with E-state index in [4.69, 9.17) is 9.47 Å². The first-order valence-corrected chi connectivity index (χ1v) is 8.77. The van der Waals surface area contributed by atoms with Crippen molar-refractivity contribution in [1.82, 2.24) is 5.32 Å². The smallest absolute Gasteiger partial charge is 0.409 e. The second-order valence-corrected chi connectivity index (χ2v) is 6.06. The number of benzene rings is 3. The molecule has 3 rings (SSSR count). The Bertz CT molecular complexity index is 933. The van der Waals surface area contributed by atoms with Crippen LogP contribution in [0.4, 0.5) is 4.79 Å². The van der Waals surface area contributed by atoms with Gasteiger partial charge in [0, 0.05) is 0 Å². The average molecular weight is 375 g/mol. The number of carboxylic acid groups (broad SMARTS) is 1. The molecule has 0 aliphatic heterocycles. The predicted octanol–water partition coefficient (Wildman–Crippen LogP) is 5.04. The lowest BCUT2D eigenvalue weighted by Crippen LogP contribution is -2.19. The van der Waals surface area contributed by atoms with Crippen LogP contribution in [0, 0.1) is 0 Å². The molecule has 0 aromatic heterocycles. The highest BCUT2D eigenvalue weighted by Gasteiger charge is 2.07. The van der Waals surface area contributed by atoms with E-state index < -0.39 is 6.09 Å². The molecule has 0 spiro atoms. The van der Waals surface area contributed by atoms with Crippen LogP contribution in [0.1, 0.15) is 16.7 Å². The van der Waals surface area contributed by atoms with Gasteiger partial charge >= 0.3 is 6.09 Å². The molecular weight excluding hydrogens is 354 g/mol. The number of nitrogens with one attached hydrogen (secondary N) is 1. The van der Waals surface area contributed by atoms with E-state index in [1.54, 1.807) is 13.2 Å². The molecule has 0 atom stereocenters. The molecule has 0 aliphatic carbocycles. The van der Waals surface area contributed by atoms with Crippen LogP contribution >= 0.6 is 0 Å². The van der Waals surface area contributed by atoms with Gasteiger partial charge in [0.15, 0.2) is 0 Å². The number of carbonyl (C=O) groups is 1. The van der Waals surface area contributed by atoms with Gasteiger partial charge in [-0.2, -0.15) is 0 Å². The summed E-state index contributed by atoms with van der Waals surface area (Å²) in [5.41, 5.74) is 3.16. The van der Waals surface area contributed by atoms with Gasteiger partial charge in [0.25, 0.3) is 0 Å². The third-order valence-corrected chi connectivity index (χ3v) is 4.08. The van der Waals surface area contributed by atoms with Crippen molar-refractivity contribution < 1.29 is 19.4 Å². The fraction of sp³-hybridized carbons (Fsp3) is 0.0870. The topological polar surface area (TPSA) is 67.8 Å². The summed E-state index contributed by atoms with van der Waals surface area (Å²) < 4.78 is 10.9. The Kier molecular flexibility index (Phi) is 6.31. The summed E-state index contributed by atoms with van der Waals surface area (Å²) in [6.45, 7) is 0.474. The van der Waals surface area contributed by atoms with Gasteiger partial charge in [-0.25, -0.2) is 4.79 Å². The Morgan fingerprint density at radius 2 is 1.57 bits per heavy atom. The van der Waals surface area contributed by atoms with Crippen molar-refractivity contribution in [2.75, 3.05) is 7.11 Å². The second kappa shape index (κ2) is 9.28. The van der Waals surface area contributed by atoms with E-state index in [1.165, 1.54) is 0 Å². The molecule has 28 heavy (non-hydrogen) atoms. The standard InChI is InChI=1S/C23H21NO4/c1-27-20-11-7-17(8-12-20)15-22(24-23(25)26)19-9-13-21(14-10-19)28-16-18-5-3-2-4-6-18/h2-15,24H,16H2,1H3,(H,25,26). The third kappa shape index (κ3) is 5.38. The van der Waals surface area contributed by atoms with E-state index in [9.17, 15) is 9.90 Å². The fourth-order valence-electron chi connectivity index (χ4n) is 2.65. The zero-order chi connectivity index (χ0) is 19.8. The molecule has 3 aromatic carbocycles. The van der Waals surface area contributed by atoms with Crippen LogP contribution in [0.3, 0.4) is 0 Å². The zero-order valence-electron chi connectivity index (χ0n) is 15.5. The summed E-state index contributed by atoms with van der Waals surface area (Å²) >= 11 is 0. The van der Waals surface area contributed by atoms with Crippen molar-refractivity contribution in [3.8, 4) is 11.5 Å². The zero-order valence-corrected chi connectivity index (χ0v) is 15.5. The lowest BCUT2D eigenvalue weighted by molar-refractivity contribution is 0.199. The Hall–Kier alpha value is -3.73. The van der Waals surface area contributed by atoms with E-state index in [0.717, 1.165) is 22.4 Å². The maximum atomic E-state index is 11.2. The van der Waals surface area contributed by atoms with E-state index in [2.05, 4.69) is 5.32 Å². The van der Waals surface area contributed by atoms with Crippen molar-refractivity contribution in [2.45, 2.75) is 6.61 Å². The monoisotopic (exact) mass is 375 g/mol. The average Bonchev–Trinajstić information content (AvgIpc) is 2.73. The van der Waals surface area contributed by atoms with E-state index in [1.807, 2.05) is 78.9 Å². The van der Waals surface area contributed by atoms with Crippen LogP contribution in [0.15, 0.2) is 78.9 Å². The van der Waals surface area contributed by atoms with Gasteiger partial charge in [-0.05, 0) is 59.2 Å². The van der Waals surface area contributed by atoms with Crippen LogP contribution in [-0.4, -0.2) is 18.3 Å². The quantitative estimate of drug-likeness (QED) is 0.568. The van der Waals surface area contributed by atoms with Gasteiger partial charge in [-0.15, -0.1) is 0 Å². The Morgan fingerprint density at radius 3 is 2.18 bits per heavy atom. The van der Waals surface area contributed by atoms with Gasteiger partial charge in [-0.3, -0.25) is 5.32 Å². The molecule has 0 saturated carbocycles. The van der Waals surface area contributed by atoms with Crippen LogP contribution in [0.25, 0.3) is 11.8 Å². The van der Waals surface area contributed by atoms with Gasteiger partial charge in [0.05, 0.1) is 12.8 Å². The molecule has 0 bridgehead atoms. The first kappa shape index (κ1) is 19.0. The largest absolute Gasteiger partial charge is 0.497 e. The predicted molar refractivity (Wildman–Crippen MR) is 109 cm³/mol. The lowest BCUT2D eigenvalue weighted by atomic mass is 10.1. The van der Waals surface area contributed by atoms with E-state index >= 15 is 0 Å². The number of hydrogen-bond acceptors (Lipinski definition) is 3. The molecule has 1 amide bonds. The molecular formula is C23H21NO4. The van der Waals surface area contributed by atoms with Crippen molar-refractivity contribution in [3.63, 3.8) is 0 Å². The van der Waals surface area contributed by atoms with Gasteiger partial charge in [0.1, 0.15) is 18.1 Å². The van der Waals surface area contributed by atoms with Gasteiger partial charge < -0.3 is 14.6 Å². The molecule has 5 nitrogen and oxygen atoms in total. The van der Waals surface area contributed by atoms with Crippen LogP contribution in [0.2, 0.25) is 0 Å². The summed E-state index contributed by atoms with van der Waals surface area (Å²) in [5, 5.41) is 11.6. The molecule has 0 unspecified atom stereocenters. The van der Waals surface area contributed by atoms with Gasteiger partial charge in [0.2, 0.25) is 0 Å². The van der Waals surface area contributed by atoms with E-state index in [-0.39, 0.29) is 0 Å². The van der Waals surface area contributed by atoms with Crippen LogP contribution in [-0.2, 0) is 6.61 Å².